The van der Waals surface area contributed by atoms with Crippen molar-refractivity contribution in [3.8, 4) is 0 Å². The molecule has 2 N–H and O–H groups in total. The standard InChI is InChI=1S/C20H27N6PS/c1-2-27-23-9-8-16-14-22-20-19(21-10-13-26(16)20)24-18-7-6-17(28-18)15-25-11-4-3-5-12-25/h6-10,13-14,23,27H,2-5,11-12,15H2,1H3,(H,21,24)/b9-8+. The minimum Gasteiger partial charge on any atom is -0.373 e. The molecule has 1 atom stereocenters. The van der Waals surface area contributed by atoms with Crippen LogP contribution in [0.2, 0.25) is 0 Å². The molecular formula is C20H27N6PS. The smallest absolute Gasteiger partial charge is 0.180 e. The molecule has 1 saturated heterocycles. The lowest BCUT2D eigenvalue weighted by Gasteiger charge is -2.25. The molecule has 3 aromatic rings. The van der Waals surface area contributed by atoms with Crippen LogP contribution in [-0.2, 0) is 6.54 Å². The van der Waals surface area contributed by atoms with Crippen molar-refractivity contribution in [1.29, 1.82) is 0 Å². The van der Waals surface area contributed by atoms with Crippen LogP contribution in [0.25, 0.3) is 11.7 Å². The molecule has 148 valence electrons. The number of aromatic nitrogens is 3. The lowest BCUT2D eigenvalue weighted by molar-refractivity contribution is 0.222. The van der Waals surface area contributed by atoms with E-state index in [1.165, 1.54) is 37.2 Å². The minimum atomic E-state index is 0.742. The molecule has 0 aliphatic carbocycles. The van der Waals surface area contributed by atoms with Crippen molar-refractivity contribution >= 4 is 42.6 Å². The second-order valence-electron chi connectivity index (χ2n) is 6.89. The van der Waals surface area contributed by atoms with E-state index >= 15 is 0 Å². The molecular weight excluding hydrogens is 387 g/mol. The van der Waals surface area contributed by atoms with Gasteiger partial charge in [0.25, 0.3) is 0 Å². The molecule has 0 saturated carbocycles. The van der Waals surface area contributed by atoms with E-state index in [4.69, 9.17) is 0 Å². The first-order valence-corrected chi connectivity index (χ1v) is 11.9. The third-order valence-corrected chi connectivity index (χ3v) is 6.51. The van der Waals surface area contributed by atoms with Crippen LogP contribution in [0.4, 0.5) is 10.8 Å². The van der Waals surface area contributed by atoms with Gasteiger partial charge in [-0.15, -0.1) is 11.3 Å². The number of nitrogens with zero attached hydrogens (tertiary/aromatic N) is 4. The van der Waals surface area contributed by atoms with E-state index in [1.807, 2.05) is 30.9 Å². The zero-order chi connectivity index (χ0) is 19.2. The fourth-order valence-electron chi connectivity index (χ4n) is 3.42. The van der Waals surface area contributed by atoms with Crippen LogP contribution >= 0.6 is 20.1 Å². The summed E-state index contributed by atoms with van der Waals surface area (Å²) in [7, 11) is 0.742. The molecule has 8 heteroatoms. The average Bonchev–Trinajstić information content (AvgIpc) is 3.34. The van der Waals surface area contributed by atoms with E-state index < -0.39 is 0 Å². The van der Waals surface area contributed by atoms with Crippen LogP contribution in [0.15, 0.2) is 36.9 Å². The van der Waals surface area contributed by atoms with Crippen LogP contribution in [0.3, 0.4) is 0 Å². The molecule has 0 bridgehead atoms. The number of nitrogens with one attached hydrogen (secondary N) is 2. The van der Waals surface area contributed by atoms with Crippen LogP contribution < -0.4 is 10.4 Å². The van der Waals surface area contributed by atoms with Crippen molar-refractivity contribution in [2.45, 2.75) is 32.7 Å². The van der Waals surface area contributed by atoms with E-state index in [1.54, 1.807) is 11.3 Å². The number of thiophene rings is 1. The zero-order valence-electron chi connectivity index (χ0n) is 16.2. The largest absolute Gasteiger partial charge is 0.373 e. The first-order chi connectivity index (χ1) is 13.8. The maximum absolute atomic E-state index is 4.57. The van der Waals surface area contributed by atoms with Gasteiger partial charge < -0.3 is 10.4 Å². The normalized spacial score (nSPS) is 15.9. The van der Waals surface area contributed by atoms with Gasteiger partial charge in [0.15, 0.2) is 11.5 Å². The molecule has 0 aromatic carbocycles. The maximum Gasteiger partial charge on any atom is 0.180 e. The van der Waals surface area contributed by atoms with Gasteiger partial charge in [0, 0.05) is 30.0 Å². The molecule has 1 aliphatic heterocycles. The molecule has 1 aliphatic rings. The van der Waals surface area contributed by atoms with E-state index in [0.29, 0.717) is 0 Å². The van der Waals surface area contributed by atoms with Crippen LogP contribution in [0.5, 0.6) is 0 Å². The highest BCUT2D eigenvalue weighted by Gasteiger charge is 2.13. The number of hydrogen-bond acceptors (Lipinski definition) is 6. The lowest BCUT2D eigenvalue weighted by atomic mass is 10.1. The SMILES string of the molecule is CCPN/C=C/c1cnc2c(Nc3ccc(CN4CCCCC4)s3)nccn12. The van der Waals surface area contributed by atoms with Crippen LogP contribution in [0, 0.1) is 0 Å². The maximum atomic E-state index is 4.57. The predicted molar refractivity (Wildman–Crippen MR) is 121 cm³/mol. The molecule has 1 fully saturated rings. The highest BCUT2D eigenvalue weighted by atomic mass is 32.1. The van der Waals surface area contributed by atoms with Crippen molar-refractivity contribution in [3.63, 3.8) is 0 Å². The Balaban J connectivity index is 1.46. The summed E-state index contributed by atoms with van der Waals surface area (Å²) >= 11 is 1.80. The van der Waals surface area contributed by atoms with Crippen molar-refractivity contribution in [2.75, 3.05) is 24.6 Å². The molecule has 1 unspecified atom stereocenters. The van der Waals surface area contributed by atoms with E-state index in [2.05, 4.69) is 48.7 Å². The van der Waals surface area contributed by atoms with Crippen LogP contribution in [-0.4, -0.2) is 38.5 Å². The van der Waals surface area contributed by atoms with E-state index in [9.17, 15) is 0 Å². The summed E-state index contributed by atoms with van der Waals surface area (Å²) < 4.78 is 2.06. The summed E-state index contributed by atoms with van der Waals surface area (Å²) in [6, 6.07) is 4.37. The summed E-state index contributed by atoms with van der Waals surface area (Å²) in [6.07, 6.45) is 14.9. The first kappa shape index (κ1) is 19.4. The molecule has 28 heavy (non-hydrogen) atoms. The number of imidazole rings is 1. The molecule has 0 radical (unpaired) electrons. The monoisotopic (exact) mass is 414 g/mol. The molecule has 6 nitrogen and oxygen atoms in total. The Morgan fingerprint density at radius 3 is 2.96 bits per heavy atom. The highest BCUT2D eigenvalue weighted by molar-refractivity contribution is 7.35. The predicted octanol–water partition coefficient (Wildman–Crippen LogP) is 4.69. The van der Waals surface area contributed by atoms with Crippen LogP contribution in [0.1, 0.15) is 36.8 Å². The number of fused-ring (bicyclic) bond motifs is 1. The van der Waals surface area contributed by atoms with Gasteiger partial charge in [-0.25, -0.2) is 9.97 Å². The lowest BCUT2D eigenvalue weighted by Crippen LogP contribution is -2.28. The van der Waals surface area contributed by atoms with Crippen molar-refractivity contribution in [3.05, 3.63) is 47.5 Å². The van der Waals surface area contributed by atoms with E-state index in [-0.39, 0.29) is 0 Å². The Bertz CT molecular complexity index is 928. The van der Waals surface area contributed by atoms with Gasteiger partial charge in [0.05, 0.1) is 16.9 Å². The van der Waals surface area contributed by atoms with Gasteiger partial charge in [0.1, 0.15) is 0 Å². The number of likely N-dealkylation sites (tertiary alicyclic amines) is 1. The molecule has 0 spiro atoms. The quantitative estimate of drug-likeness (QED) is 0.414. The van der Waals surface area contributed by atoms with Crippen molar-refractivity contribution < 1.29 is 0 Å². The fraction of sp³-hybridized carbons (Fsp3) is 0.400. The number of hydrogen-bond donors (Lipinski definition) is 2. The van der Waals surface area contributed by atoms with Gasteiger partial charge in [-0.3, -0.25) is 9.30 Å². The number of rotatable bonds is 8. The third-order valence-electron chi connectivity index (χ3n) is 4.80. The fourth-order valence-corrected chi connectivity index (χ4v) is 4.78. The highest BCUT2D eigenvalue weighted by Crippen LogP contribution is 2.28. The van der Waals surface area contributed by atoms with Crippen molar-refractivity contribution in [1.82, 2.24) is 24.4 Å². The topological polar surface area (TPSA) is 57.5 Å². The second-order valence-corrected chi connectivity index (χ2v) is 9.41. The number of anilines is 2. The van der Waals surface area contributed by atoms with E-state index in [0.717, 1.165) is 43.6 Å². The zero-order valence-corrected chi connectivity index (χ0v) is 18.0. The summed E-state index contributed by atoms with van der Waals surface area (Å²) in [6.45, 7) is 5.66. The third kappa shape index (κ3) is 4.72. The summed E-state index contributed by atoms with van der Waals surface area (Å²) in [5.41, 5.74) is 1.87. The van der Waals surface area contributed by atoms with Gasteiger partial charge in [-0.1, -0.05) is 13.3 Å². The van der Waals surface area contributed by atoms with Crippen molar-refractivity contribution in [2.24, 2.45) is 0 Å². The Hall–Kier alpha value is -1.95. The van der Waals surface area contributed by atoms with Gasteiger partial charge in [-0.2, -0.15) is 0 Å². The second kappa shape index (κ2) is 9.50. The minimum absolute atomic E-state index is 0.742. The molecule has 0 amide bonds. The van der Waals surface area contributed by atoms with Gasteiger partial charge in [0.2, 0.25) is 0 Å². The van der Waals surface area contributed by atoms with Gasteiger partial charge >= 0.3 is 0 Å². The molecule has 3 aromatic heterocycles. The summed E-state index contributed by atoms with van der Waals surface area (Å²) in [5.74, 6) is 0.789. The first-order valence-electron chi connectivity index (χ1n) is 9.88. The summed E-state index contributed by atoms with van der Waals surface area (Å²) in [4.78, 5) is 13.0. The molecule has 4 rings (SSSR count). The van der Waals surface area contributed by atoms with Gasteiger partial charge in [-0.05, 0) is 59.0 Å². The Morgan fingerprint density at radius 1 is 1.21 bits per heavy atom. The Morgan fingerprint density at radius 2 is 2.11 bits per heavy atom. The number of piperidine rings is 1. The molecule has 4 heterocycles. The Labute approximate surface area is 171 Å². The summed E-state index contributed by atoms with van der Waals surface area (Å²) in [5, 5.41) is 7.87. The average molecular weight is 415 g/mol. The Kier molecular flexibility index (Phi) is 6.57.